The van der Waals surface area contributed by atoms with E-state index in [1.54, 1.807) is 18.2 Å². The van der Waals surface area contributed by atoms with Crippen molar-refractivity contribution < 1.29 is 26.5 Å². The molecule has 5 nitrogen and oxygen atoms in total. The van der Waals surface area contributed by atoms with Crippen LogP contribution in [0.4, 0.5) is 4.39 Å². The highest BCUT2D eigenvalue weighted by molar-refractivity contribution is 7.87. The van der Waals surface area contributed by atoms with Crippen LogP contribution in [0.3, 0.4) is 0 Å². The third-order valence-electron chi connectivity index (χ3n) is 4.05. The first-order chi connectivity index (χ1) is 13.4. The van der Waals surface area contributed by atoms with Crippen LogP contribution in [0.5, 0.6) is 11.5 Å². The molecule has 0 bridgehead atoms. The van der Waals surface area contributed by atoms with Crippen LogP contribution < -0.4 is 8.92 Å². The van der Waals surface area contributed by atoms with Crippen LogP contribution in [0.1, 0.15) is 15.9 Å². The molecule has 0 saturated heterocycles. The number of hydrogen-bond donors (Lipinski definition) is 0. The summed E-state index contributed by atoms with van der Waals surface area (Å²) in [5, 5.41) is 0. The second-order valence-corrected chi connectivity index (χ2v) is 7.55. The summed E-state index contributed by atoms with van der Waals surface area (Å²) in [4.78, 5) is 12.5. The lowest BCUT2D eigenvalue weighted by Crippen LogP contribution is -2.09. The number of benzene rings is 3. The van der Waals surface area contributed by atoms with Crippen molar-refractivity contribution in [2.24, 2.45) is 0 Å². The average molecular weight is 396 g/mol. The number of allylic oxidation sites excluding steroid dienone is 1. The molecule has 3 aromatic rings. The predicted octanol–water partition coefficient (Wildman–Crippen LogP) is 4.21. The van der Waals surface area contributed by atoms with Gasteiger partial charge in [0, 0.05) is 6.07 Å². The molecule has 0 fully saturated rings. The highest BCUT2D eigenvalue weighted by atomic mass is 32.2. The van der Waals surface area contributed by atoms with E-state index in [0.717, 1.165) is 0 Å². The van der Waals surface area contributed by atoms with E-state index < -0.39 is 10.1 Å². The Balaban J connectivity index is 1.60. The first kappa shape index (κ1) is 17.9. The molecule has 0 spiro atoms. The summed E-state index contributed by atoms with van der Waals surface area (Å²) < 4.78 is 48.4. The summed E-state index contributed by atoms with van der Waals surface area (Å²) >= 11 is 0. The Labute approximate surface area is 160 Å². The summed E-state index contributed by atoms with van der Waals surface area (Å²) in [5.41, 5.74) is 0.888. The van der Waals surface area contributed by atoms with E-state index in [2.05, 4.69) is 0 Å². The molecule has 0 radical (unpaired) electrons. The summed E-state index contributed by atoms with van der Waals surface area (Å²) in [6, 6.07) is 17.5. The molecule has 7 heteroatoms. The largest absolute Gasteiger partial charge is 0.452 e. The third kappa shape index (κ3) is 3.52. The first-order valence-electron chi connectivity index (χ1n) is 8.26. The number of carbonyl (C=O) groups excluding carboxylic acids is 1. The number of ether oxygens (including phenoxy) is 1. The van der Waals surface area contributed by atoms with Gasteiger partial charge in [-0.3, -0.25) is 4.79 Å². The van der Waals surface area contributed by atoms with Gasteiger partial charge in [-0.1, -0.05) is 30.3 Å². The van der Waals surface area contributed by atoms with Crippen molar-refractivity contribution in [3.05, 3.63) is 95.5 Å². The van der Waals surface area contributed by atoms with Gasteiger partial charge in [-0.2, -0.15) is 8.42 Å². The third-order valence-corrected chi connectivity index (χ3v) is 5.31. The average Bonchev–Trinajstić information content (AvgIpc) is 2.99. The Kier molecular flexibility index (Phi) is 4.44. The second-order valence-electron chi connectivity index (χ2n) is 6.00. The Morgan fingerprint density at radius 3 is 2.36 bits per heavy atom. The van der Waals surface area contributed by atoms with Crippen molar-refractivity contribution in [1.29, 1.82) is 0 Å². The molecule has 0 saturated carbocycles. The minimum absolute atomic E-state index is 0.0180. The SMILES string of the molecule is O=C1/C(=C/c2ccc(F)cc2)Oc2cc(OS(=O)(=O)c3ccccc3)ccc21. The molecule has 0 aromatic heterocycles. The fourth-order valence-electron chi connectivity index (χ4n) is 2.69. The Hall–Kier alpha value is -3.45. The summed E-state index contributed by atoms with van der Waals surface area (Å²) in [6.07, 6.45) is 1.49. The molecule has 1 aliphatic rings. The van der Waals surface area contributed by atoms with Crippen LogP contribution in [0.25, 0.3) is 6.08 Å². The monoisotopic (exact) mass is 396 g/mol. The van der Waals surface area contributed by atoms with E-state index in [4.69, 9.17) is 8.92 Å². The van der Waals surface area contributed by atoms with Gasteiger partial charge in [0.2, 0.25) is 5.78 Å². The van der Waals surface area contributed by atoms with Crippen molar-refractivity contribution in [2.75, 3.05) is 0 Å². The molecular formula is C21H13FO5S. The zero-order valence-electron chi connectivity index (χ0n) is 14.3. The minimum Gasteiger partial charge on any atom is -0.452 e. The number of halogens is 1. The van der Waals surface area contributed by atoms with Crippen molar-refractivity contribution in [1.82, 2.24) is 0 Å². The lowest BCUT2D eigenvalue weighted by Gasteiger charge is -2.07. The Morgan fingerprint density at radius 2 is 1.64 bits per heavy atom. The maximum Gasteiger partial charge on any atom is 0.339 e. The Bertz CT molecular complexity index is 1180. The van der Waals surface area contributed by atoms with Crippen LogP contribution >= 0.6 is 0 Å². The van der Waals surface area contributed by atoms with Gasteiger partial charge in [-0.05, 0) is 48.0 Å². The maximum absolute atomic E-state index is 13.0. The molecule has 0 unspecified atom stereocenters. The molecule has 28 heavy (non-hydrogen) atoms. The molecule has 140 valence electrons. The van der Waals surface area contributed by atoms with E-state index in [1.165, 1.54) is 60.7 Å². The molecule has 0 aliphatic carbocycles. The van der Waals surface area contributed by atoms with E-state index in [0.29, 0.717) is 5.56 Å². The van der Waals surface area contributed by atoms with Gasteiger partial charge in [-0.25, -0.2) is 4.39 Å². The van der Waals surface area contributed by atoms with Crippen molar-refractivity contribution >= 4 is 22.0 Å². The molecule has 1 heterocycles. The normalized spacial score (nSPS) is 14.6. The fraction of sp³-hybridized carbons (Fsp3) is 0. The van der Waals surface area contributed by atoms with Crippen LogP contribution in [-0.2, 0) is 10.1 Å². The predicted molar refractivity (Wildman–Crippen MR) is 100 cm³/mol. The van der Waals surface area contributed by atoms with E-state index >= 15 is 0 Å². The van der Waals surface area contributed by atoms with Gasteiger partial charge < -0.3 is 8.92 Å². The van der Waals surface area contributed by atoms with Crippen LogP contribution in [0.15, 0.2) is 83.5 Å². The van der Waals surface area contributed by atoms with Crippen molar-refractivity contribution in [3.8, 4) is 11.5 Å². The molecule has 3 aromatic carbocycles. The molecule has 0 atom stereocenters. The maximum atomic E-state index is 13.0. The summed E-state index contributed by atoms with van der Waals surface area (Å²) in [5.74, 6) is -0.454. The molecular weight excluding hydrogens is 383 g/mol. The van der Waals surface area contributed by atoms with Gasteiger partial charge in [0.15, 0.2) is 5.76 Å². The molecule has 0 amide bonds. The molecule has 1 aliphatic heterocycles. The van der Waals surface area contributed by atoms with Gasteiger partial charge in [0.25, 0.3) is 0 Å². The molecule has 4 rings (SSSR count). The molecule has 0 N–H and O–H groups in total. The number of Topliss-reactive ketones (excluding diaryl/α,β-unsaturated/α-hetero) is 1. The van der Waals surface area contributed by atoms with Gasteiger partial charge >= 0.3 is 10.1 Å². The quantitative estimate of drug-likeness (QED) is 0.488. The van der Waals surface area contributed by atoms with Gasteiger partial charge in [0.05, 0.1) is 5.56 Å². The highest BCUT2D eigenvalue weighted by Gasteiger charge is 2.28. The van der Waals surface area contributed by atoms with E-state index in [1.807, 2.05) is 0 Å². The van der Waals surface area contributed by atoms with Crippen molar-refractivity contribution in [3.63, 3.8) is 0 Å². The van der Waals surface area contributed by atoms with Crippen LogP contribution in [0.2, 0.25) is 0 Å². The first-order valence-corrected chi connectivity index (χ1v) is 9.67. The van der Waals surface area contributed by atoms with Gasteiger partial charge in [0.1, 0.15) is 22.2 Å². The number of carbonyl (C=O) groups is 1. The van der Waals surface area contributed by atoms with Gasteiger partial charge in [-0.15, -0.1) is 0 Å². The topological polar surface area (TPSA) is 69.7 Å². The number of rotatable bonds is 4. The number of fused-ring (bicyclic) bond motifs is 1. The number of ketones is 1. The van der Waals surface area contributed by atoms with Crippen molar-refractivity contribution in [2.45, 2.75) is 4.90 Å². The number of hydrogen-bond acceptors (Lipinski definition) is 5. The summed E-state index contributed by atoms with van der Waals surface area (Å²) in [6.45, 7) is 0. The standard InChI is InChI=1S/C21H13FO5S/c22-15-8-6-14(7-9-15)12-20-21(23)18-11-10-16(13-19(18)26-20)27-28(24,25)17-4-2-1-3-5-17/h1-13H/b20-12-. The smallest absolute Gasteiger partial charge is 0.339 e. The van der Waals surface area contributed by atoms with E-state index in [-0.39, 0.29) is 39.3 Å². The van der Waals surface area contributed by atoms with Crippen LogP contribution in [0, 0.1) is 5.82 Å². The summed E-state index contributed by atoms with van der Waals surface area (Å²) in [7, 11) is -4.00. The lowest BCUT2D eigenvalue weighted by atomic mass is 10.1. The minimum atomic E-state index is -4.00. The lowest BCUT2D eigenvalue weighted by molar-refractivity contribution is 0.101. The second kappa shape index (κ2) is 6.94. The Morgan fingerprint density at radius 1 is 0.929 bits per heavy atom. The van der Waals surface area contributed by atoms with Crippen LogP contribution in [-0.4, -0.2) is 14.2 Å². The van der Waals surface area contributed by atoms with E-state index in [9.17, 15) is 17.6 Å². The highest BCUT2D eigenvalue weighted by Crippen LogP contribution is 2.35. The zero-order valence-corrected chi connectivity index (χ0v) is 15.1. The zero-order chi connectivity index (χ0) is 19.7. The fourth-order valence-corrected chi connectivity index (χ4v) is 3.64.